The molecule has 8 heavy (non-hydrogen) atoms. The Bertz CT molecular complexity index is 160. The summed E-state index contributed by atoms with van der Waals surface area (Å²) in [7, 11) is -4.28. The van der Waals surface area contributed by atoms with Crippen molar-refractivity contribution >= 4 is 10.1 Å². The van der Waals surface area contributed by atoms with Crippen LogP contribution in [0.2, 0.25) is 0 Å². The van der Waals surface area contributed by atoms with Crippen LogP contribution in [-0.2, 0) is 10.1 Å². The van der Waals surface area contributed by atoms with Gasteiger partial charge in [-0.25, -0.2) is 0 Å². The molecule has 0 aromatic rings. The molecule has 5 heteroatoms. The summed E-state index contributed by atoms with van der Waals surface area (Å²) in [5.74, 6) is 0. The number of hydrogen-bond donors (Lipinski definition) is 2. The van der Waals surface area contributed by atoms with E-state index in [1.165, 1.54) is 0 Å². The second kappa shape index (κ2) is 1.68. The molecule has 0 rings (SSSR count). The summed E-state index contributed by atoms with van der Waals surface area (Å²) in [5, 5.41) is 8.52. The maximum Gasteiger partial charge on any atom is 0.294 e. The summed E-state index contributed by atoms with van der Waals surface area (Å²) in [4.78, 5) is -2.03. The van der Waals surface area contributed by atoms with E-state index in [1.54, 1.807) is 0 Å². The molecule has 0 saturated heterocycles. The van der Waals surface area contributed by atoms with Crippen molar-refractivity contribution in [3.63, 3.8) is 0 Å². The van der Waals surface area contributed by atoms with Crippen LogP contribution in [0.1, 0.15) is 13.8 Å². The first-order valence-corrected chi connectivity index (χ1v) is 3.38. The average molecular weight is 140 g/mol. The van der Waals surface area contributed by atoms with Crippen LogP contribution in [0, 0.1) is 0 Å². The SMILES string of the molecule is CC(C)(O)S(=O)(=O)O. The molecule has 0 aromatic heterocycles. The average Bonchev–Trinajstić information content (AvgIpc) is 1.25. The Balaban J connectivity index is 4.53. The van der Waals surface area contributed by atoms with E-state index in [0.29, 0.717) is 0 Å². The van der Waals surface area contributed by atoms with Gasteiger partial charge >= 0.3 is 0 Å². The quantitative estimate of drug-likeness (QED) is 0.486. The zero-order chi connectivity index (χ0) is 7.00. The Morgan fingerprint density at radius 1 is 1.38 bits per heavy atom. The molecule has 4 nitrogen and oxygen atoms in total. The lowest BCUT2D eigenvalue weighted by atomic mass is 10.5. The van der Waals surface area contributed by atoms with Crippen molar-refractivity contribution in [2.75, 3.05) is 0 Å². The lowest BCUT2D eigenvalue weighted by molar-refractivity contribution is 0.152. The van der Waals surface area contributed by atoms with Gasteiger partial charge in [0, 0.05) is 0 Å². The van der Waals surface area contributed by atoms with Crippen LogP contribution in [0.4, 0.5) is 0 Å². The first-order valence-electron chi connectivity index (χ1n) is 1.94. The van der Waals surface area contributed by atoms with Gasteiger partial charge in [0.05, 0.1) is 0 Å². The Morgan fingerprint density at radius 3 is 1.50 bits per heavy atom. The summed E-state index contributed by atoms with van der Waals surface area (Å²) in [6.07, 6.45) is 0. The number of hydrogen-bond acceptors (Lipinski definition) is 3. The lowest BCUT2D eigenvalue weighted by Crippen LogP contribution is -2.30. The molecule has 0 aromatic carbocycles. The van der Waals surface area contributed by atoms with Crippen molar-refractivity contribution in [1.29, 1.82) is 0 Å². The van der Waals surface area contributed by atoms with Gasteiger partial charge in [0.25, 0.3) is 10.1 Å². The van der Waals surface area contributed by atoms with Crippen molar-refractivity contribution in [3.8, 4) is 0 Å². The summed E-state index contributed by atoms with van der Waals surface area (Å²) in [5.41, 5.74) is 0. The highest BCUT2D eigenvalue weighted by Gasteiger charge is 2.28. The fraction of sp³-hybridized carbons (Fsp3) is 1.00. The van der Waals surface area contributed by atoms with Crippen LogP contribution < -0.4 is 0 Å². The van der Waals surface area contributed by atoms with Gasteiger partial charge in [-0.2, -0.15) is 8.42 Å². The highest BCUT2D eigenvalue weighted by atomic mass is 32.2. The van der Waals surface area contributed by atoms with Crippen LogP contribution >= 0.6 is 0 Å². The molecule has 0 unspecified atom stereocenters. The van der Waals surface area contributed by atoms with Crippen LogP contribution in [0.5, 0.6) is 0 Å². The topological polar surface area (TPSA) is 74.6 Å². The third-order valence-electron chi connectivity index (χ3n) is 0.631. The molecule has 0 aliphatic rings. The van der Waals surface area contributed by atoms with E-state index in [0.717, 1.165) is 13.8 Å². The normalized spacial score (nSPS) is 14.0. The summed E-state index contributed by atoms with van der Waals surface area (Å²) in [6.45, 7) is 1.98. The van der Waals surface area contributed by atoms with Gasteiger partial charge in [-0.05, 0) is 13.8 Å². The van der Waals surface area contributed by atoms with Crippen molar-refractivity contribution in [2.24, 2.45) is 0 Å². The minimum atomic E-state index is -4.28. The molecule has 0 atom stereocenters. The molecule has 0 amide bonds. The van der Waals surface area contributed by atoms with Gasteiger partial charge in [-0.1, -0.05) is 0 Å². The second-order valence-electron chi connectivity index (χ2n) is 1.92. The third-order valence-corrected chi connectivity index (χ3v) is 1.89. The van der Waals surface area contributed by atoms with Crippen LogP contribution in [0.25, 0.3) is 0 Å². The molecule has 0 spiro atoms. The lowest BCUT2D eigenvalue weighted by Gasteiger charge is -2.10. The van der Waals surface area contributed by atoms with Crippen molar-refractivity contribution in [1.82, 2.24) is 0 Å². The van der Waals surface area contributed by atoms with Gasteiger partial charge in [0.15, 0.2) is 4.93 Å². The van der Waals surface area contributed by atoms with Crippen molar-refractivity contribution < 1.29 is 18.1 Å². The minimum absolute atomic E-state index is 0.988. The minimum Gasteiger partial charge on any atom is -0.373 e. The van der Waals surface area contributed by atoms with Gasteiger partial charge in [-0.15, -0.1) is 0 Å². The molecule has 0 radical (unpaired) electrons. The molecule has 0 heterocycles. The molecule has 0 bridgehead atoms. The maximum atomic E-state index is 9.96. The fourth-order valence-electron chi connectivity index (χ4n) is 0. The van der Waals surface area contributed by atoms with E-state index in [9.17, 15) is 8.42 Å². The highest BCUT2D eigenvalue weighted by molar-refractivity contribution is 7.87. The van der Waals surface area contributed by atoms with Crippen LogP contribution in [0.15, 0.2) is 0 Å². The second-order valence-corrected chi connectivity index (χ2v) is 3.87. The monoisotopic (exact) mass is 140 g/mol. The van der Waals surface area contributed by atoms with Gasteiger partial charge in [-0.3, -0.25) is 4.55 Å². The molecular formula is C3H8O4S. The van der Waals surface area contributed by atoms with E-state index >= 15 is 0 Å². The van der Waals surface area contributed by atoms with E-state index in [4.69, 9.17) is 9.66 Å². The molecular weight excluding hydrogens is 132 g/mol. The fourth-order valence-corrected chi connectivity index (χ4v) is 0. The number of rotatable bonds is 1. The first-order chi connectivity index (χ1) is 3.25. The Labute approximate surface area is 47.9 Å². The van der Waals surface area contributed by atoms with Crippen molar-refractivity contribution in [2.45, 2.75) is 18.8 Å². The van der Waals surface area contributed by atoms with E-state index in [-0.39, 0.29) is 0 Å². The van der Waals surface area contributed by atoms with Gasteiger partial charge < -0.3 is 5.11 Å². The smallest absolute Gasteiger partial charge is 0.294 e. The molecule has 0 fully saturated rings. The summed E-state index contributed by atoms with van der Waals surface area (Å²) in [6, 6.07) is 0. The molecule has 2 N–H and O–H groups in total. The Kier molecular flexibility index (Phi) is 1.65. The highest BCUT2D eigenvalue weighted by Crippen LogP contribution is 2.07. The Morgan fingerprint density at radius 2 is 1.50 bits per heavy atom. The van der Waals surface area contributed by atoms with Crippen molar-refractivity contribution in [3.05, 3.63) is 0 Å². The van der Waals surface area contributed by atoms with Crippen LogP contribution in [0.3, 0.4) is 0 Å². The zero-order valence-electron chi connectivity index (χ0n) is 4.62. The third kappa shape index (κ3) is 1.77. The van der Waals surface area contributed by atoms with E-state index in [1.807, 2.05) is 0 Å². The standard InChI is InChI=1S/C3H8O4S/c1-3(2,4)8(5,6)7/h4H,1-2H3,(H,5,6,7). The van der Waals surface area contributed by atoms with E-state index < -0.39 is 15.1 Å². The molecule has 0 aliphatic heterocycles. The zero-order valence-corrected chi connectivity index (χ0v) is 5.44. The summed E-state index contributed by atoms with van der Waals surface area (Å²) >= 11 is 0. The maximum absolute atomic E-state index is 9.96. The first kappa shape index (κ1) is 7.87. The van der Waals surface area contributed by atoms with E-state index in [2.05, 4.69) is 0 Å². The predicted octanol–water partition coefficient (Wildman–Crippen LogP) is -0.397. The van der Waals surface area contributed by atoms with Gasteiger partial charge in [0.1, 0.15) is 0 Å². The van der Waals surface area contributed by atoms with Crippen LogP contribution in [-0.4, -0.2) is 23.0 Å². The number of aliphatic hydroxyl groups is 1. The molecule has 50 valence electrons. The molecule has 0 aliphatic carbocycles. The Hall–Kier alpha value is -0.130. The summed E-state index contributed by atoms with van der Waals surface area (Å²) < 4.78 is 28.0. The van der Waals surface area contributed by atoms with Gasteiger partial charge in [0.2, 0.25) is 0 Å². The largest absolute Gasteiger partial charge is 0.373 e. The predicted molar refractivity (Wildman–Crippen MR) is 27.8 cm³/mol. The molecule has 0 saturated carbocycles.